The molecule has 122 valence electrons. The Morgan fingerprint density at radius 2 is 1.95 bits per heavy atom. The second-order valence-corrected chi connectivity index (χ2v) is 5.77. The molecule has 10 heteroatoms. The van der Waals surface area contributed by atoms with Crippen molar-refractivity contribution in [2.75, 3.05) is 26.2 Å². The standard InChI is InChI=1S/C12H13BrF3N3O3/c13-7-5-8(10(20)9(6-7)19(21)22)11(12(14,15)16)18-3-1-17-2-4-18/h5-6,11,17,20H,1-4H2/t11-/m1/s1. The van der Waals surface area contributed by atoms with Crippen molar-refractivity contribution in [2.45, 2.75) is 12.2 Å². The summed E-state index contributed by atoms with van der Waals surface area (Å²) in [6.07, 6.45) is -4.66. The van der Waals surface area contributed by atoms with Gasteiger partial charge >= 0.3 is 11.9 Å². The van der Waals surface area contributed by atoms with Crippen LogP contribution in [0, 0.1) is 10.1 Å². The number of nitrogens with zero attached hydrogens (tertiary/aromatic N) is 2. The first-order valence-corrected chi connectivity index (χ1v) is 7.19. The first-order chi connectivity index (χ1) is 10.2. The normalized spacial score (nSPS) is 18.2. The molecular formula is C12H13BrF3N3O3. The molecule has 0 radical (unpaired) electrons. The van der Waals surface area contributed by atoms with Gasteiger partial charge < -0.3 is 10.4 Å². The van der Waals surface area contributed by atoms with E-state index in [-0.39, 0.29) is 17.6 Å². The number of alkyl halides is 3. The Balaban J connectivity index is 2.54. The highest BCUT2D eigenvalue weighted by Gasteiger charge is 2.47. The lowest BCUT2D eigenvalue weighted by atomic mass is 10.0. The van der Waals surface area contributed by atoms with Gasteiger partial charge in [0.25, 0.3) is 0 Å². The zero-order valence-electron chi connectivity index (χ0n) is 11.2. The Morgan fingerprint density at radius 1 is 1.36 bits per heavy atom. The Kier molecular flexibility index (Phi) is 4.93. The van der Waals surface area contributed by atoms with Crippen molar-refractivity contribution in [3.05, 3.63) is 32.3 Å². The minimum Gasteiger partial charge on any atom is -0.502 e. The molecule has 0 aromatic heterocycles. The van der Waals surface area contributed by atoms with Crippen molar-refractivity contribution < 1.29 is 23.2 Å². The van der Waals surface area contributed by atoms with Crippen molar-refractivity contribution in [2.24, 2.45) is 0 Å². The smallest absolute Gasteiger partial charge is 0.408 e. The molecule has 2 rings (SSSR count). The summed E-state index contributed by atoms with van der Waals surface area (Å²) in [5, 5.41) is 23.8. The Labute approximate surface area is 132 Å². The average Bonchev–Trinajstić information content (AvgIpc) is 2.42. The van der Waals surface area contributed by atoms with Crippen molar-refractivity contribution >= 4 is 21.6 Å². The van der Waals surface area contributed by atoms with E-state index < -0.39 is 34.1 Å². The summed E-state index contributed by atoms with van der Waals surface area (Å²) in [4.78, 5) is 11.1. The number of hydrogen-bond acceptors (Lipinski definition) is 5. The maximum atomic E-state index is 13.5. The maximum absolute atomic E-state index is 13.5. The summed E-state index contributed by atoms with van der Waals surface area (Å²) in [5.41, 5.74) is -1.27. The fourth-order valence-electron chi connectivity index (χ4n) is 2.47. The number of rotatable bonds is 3. The van der Waals surface area contributed by atoms with Crippen LogP contribution in [-0.2, 0) is 0 Å². The number of nitro groups is 1. The second-order valence-electron chi connectivity index (χ2n) is 4.85. The van der Waals surface area contributed by atoms with Gasteiger partial charge in [-0.1, -0.05) is 15.9 Å². The van der Waals surface area contributed by atoms with Gasteiger partial charge in [-0.25, -0.2) is 0 Å². The first-order valence-electron chi connectivity index (χ1n) is 6.40. The molecule has 1 saturated heterocycles. The van der Waals surface area contributed by atoms with Crippen molar-refractivity contribution in [3.63, 3.8) is 0 Å². The van der Waals surface area contributed by atoms with Crippen LogP contribution in [0.15, 0.2) is 16.6 Å². The summed E-state index contributed by atoms with van der Waals surface area (Å²) in [7, 11) is 0. The number of piperazine rings is 1. The number of phenolic OH excluding ortho intramolecular Hbond substituents is 1. The van der Waals surface area contributed by atoms with E-state index in [0.29, 0.717) is 13.1 Å². The Bertz CT molecular complexity index is 577. The lowest BCUT2D eigenvalue weighted by Gasteiger charge is -2.36. The molecule has 0 saturated carbocycles. The van der Waals surface area contributed by atoms with Gasteiger partial charge in [0.15, 0.2) is 5.75 Å². The van der Waals surface area contributed by atoms with Crippen LogP contribution in [0.1, 0.15) is 11.6 Å². The van der Waals surface area contributed by atoms with Crippen LogP contribution in [0.25, 0.3) is 0 Å². The van der Waals surface area contributed by atoms with Crippen LogP contribution in [0.3, 0.4) is 0 Å². The lowest BCUT2D eigenvalue weighted by molar-refractivity contribution is -0.386. The van der Waals surface area contributed by atoms with Crippen LogP contribution in [0.2, 0.25) is 0 Å². The van der Waals surface area contributed by atoms with Gasteiger partial charge in [-0.2, -0.15) is 13.2 Å². The van der Waals surface area contributed by atoms with Gasteiger partial charge in [0, 0.05) is 42.3 Å². The molecule has 0 bridgehead atoms. The minimum atomic E-state index is -4.66. The number of halogens is 4. The van der Waals surface area contributed by atoms with Crippen LogP contribution < -0.4 is 5.32 Å². The highest BCUT2D eigenvalue weighted by Crippen LogP contribution is 2.45. The van der Waals surface area contributed by atoms with Crippen LogP contribution in [-0.4, -0.2) is 47.3 Å². The van der Waals surface area contributed by atoms with Gasteiger partial charge in [-0.3, -0.25) is 15.0 Å². The molecule has 0 amide bonds. The van der Waals surface area contributed by atoms with Crippen LogP contribution in [0.4, 0.5) is 18.9 Å². The second kappa shape index (κ2) is 6.39. The Morgan fingerprint density at radius 3 is 2.45 bits per heavy atom. The topological polar surface area (TPSA) is 78.6 Å². The number of nitro benzene ring substituents is 1. The molecule has 6 nitrogen and oxygen atoms in total. The highest BCUT2D eigenvalue weighted by molar-refractivity contribution is 9.10. The van der Waals surface area contributed by atoms with E-state index in [1.54, 1.807) is 0 Å². The predicted octanol–water partition coefficient (Wildman–Crippen LogP) is 2.57. The summed E-state index contributed by atoms with van der Waals surface area (Å²) in [5.74, 6) is -0.950. The van der Waals surface area contributed by atoms with Crippen molar-refractivity contribution in [1.29, 1.82) is 0 Å². The lowest BCUT2D eigenvalue weighted by Crippen LogP contribution is -2.49. The molecule has 0 unspecified atom stereocenters. The number of aromatic hydroxyl groups is 1. The predicted molar refractivity (Wildman–Crippen MR) is 75.7 cm³/mol. The number of hydrogen-bond donors (Lipinski definition) is 2. The molecule has 0 aliphatic carbocycles. The van der Waals surface area contributed by atoms with Gasteiger partial charge in [-0.15, -0.1) is 0 Å². The molecule has 1 heterocycles. The van der Waals surface area contributed by atoms with Gasteiger partial charge in [0.05, 0.1) is 4.92 Å². The minimum absolute atomic E-state index is 0.108. The van der Waals surface area contributed by atoms with Gasteiger partial charge in [-0.05, 0) is 6.07 Å². The largest absolute Gasteiger partial charge is 0.502 e. The molecule has 1 aromatic rings. The molecule has 1 aromatic carbocycles. The van der Waals surface area contributed by atoms with E-state index in [9.17, 15) is 28.4 Å². The van der Waals surface area contributed by atoms with Crippen molar-refractivity contribution in [3.8, 4) is 5.75 Å². The number of phenols is 1. The highest BCUT2D eigenvalue weighted by atomic mass is 79.9. The van der Waals surface area contributed by atoms with E-state index in [2.05, 4.69) is 21.2 Å². The van der Waals surface area contributed by atoms with E-state index in [1.165, 1.54) is 0 Å². The zero-order valence-corrected chi connectivity index (χ0v) is 12.8. The van der Waals surface area contributed by atoms with E-state index in [4.69, 9.17) is 0 Å². The summed E-state index contributed by atoms with van der Waals surface area (Å²) < 4.78 is 40.5. The van der Waals surface area contributed by atoms with E-state index in [0.717, 1.165) is 17.0 Å². The molecule has 1 atom stereocenters. The summed E-state index contributed by atoms with van der Waals surface area (Å²) in [6, 6.07) is -0.0437. The fraction of sp³-hybridized carbons (Fsp3) is 0.500. The molecule has 1 fully saturated rings. The quantitative estimate of drug-likeness (QED) is 0.619. The van der Waals surface area contributed by atoms with Crippen LogP contribution in [0.5, 0.6) is 5.75 Å². The number of nitrogens with one attached hydrogen (secondary N) is 1. The van der Waals surface area contributed by atoms with Gasteiger partial charge in [0.1, 0.15) is 6.04 Å². The Hall–Kier alpha value is -1.39. The molecule has 1 aliphatic heterocycles. The average molecular weight is 384 g/mol. The van der Waals surface area contributed by atoms with E-state index >= 15 is 0 Å². The monoisotopic (exact) mass is 383 g/mol. The molecule has 1 aliphatic rings. The number of benzene rings is 1. The zero-order chi connectivity index (χ0) is 16.5. The summed E-state index contributed by atoms with van der Waals surface area (Å²) in [6.45, 7) is 1.01. The van der Waals surface area contributed by atoms with Crippen LogP contribution >= 0.6 is 15.9 Å². The molecular weight excluding hydrogens is 371 g/mol. The third-order valence-corrected chi connectivity index (χ3v) is 3.86. The third-order valence-electron chi connectivity index (χ3n) is 3.40. The molecule has 0 spiro atoms. The van der Waals surface area contributed by atoms with Gasteiger partial charge in [0.2, 0.25) is 0 Å². The molecule has 2 N–H and O–H groups in total. The van der Waals surface area contributed by atoms with Crippen molar-refractivity contribution in [1.82, 2.24) is 10.2 Å². The maximum Gasteiger partial charge on any atom is 0.408 e. The molecule has 22 heavy (non-hydrogen) atoms. The summed E-state index contributed by atoms with van der Waals surface area (Å²) >= 11 is 2.96. The van der Waals surface area contributed by atoms with E-state index in [1.807, 2.05) is 0 Å². The first kappa shape index (κ1) is 17.0. The fourth-order valence-corrected chi connectivity index (χ4v) is 2.94. The SMILES string of the molecule is O=[N+]([O-])c1cc(Br)cc([C@@H](N2CCNCC2)C(F)(F)F)c1O. The third kappa shape index (κ3) is 3.50.